The first kappa shape index (κ1) is 19.7. The van der Waals surface area contributed by atoms with Gasteiger partial charge in [0.25, 0.3) is 0 Å². The maximum Gasteiger partial charge on any atom is 0.220 e. The first-order valence-electron chi connectivity index (χ1n) is 7.41. The van der Waals surface area contributed by atoms with Crippen molar-refractivity contribution in [3.05, 3.63) is 30.3 Å². The number of hydrogen-bond donors (Lipinski definition) is 2. The molecule has 0 bridgehead atoms. The van der Waals surface area contributed by atoms with Crippen molar-refractivity contribution in [2.75, 3.05) is 13.1 Å². The van der Waals surface area contributed by atoms with Gasteiger partial charge in [0.05, 0.1) is 6.54 Å². The molecule has 0 aliphatic carbocycles. The lowest BCUT2D eigenvalue weighted by Gasteiger charge is -2.15. The predicted molar refractivity (Wildman–Crippen MR) is 88.9 cm³/mol. The third-order valence-electron chi connectivity index (χ3n) is 3.03. The fourth-order valence-electron chi connectivity index (χ4n) is 1.90. The summed E-state index contributed by atoms with van der Waals surface area (Å²) < 4.78 is 5.69. The summed E-state index contributed by atoms with van der Waals surface area (Å²) in [5.74, 6) is 0.928. The molecule has 0 heterocycles. The average molecular weight is 315 g/mol. The Morgan fingerprint density at radius 2 is 1.86 bits per heavy atom. The quantitative estimate of drug-likeness (QED) is 0.653. The second-order valence-corrected chi connectivity index (χ2v) is 5.00. The number of benzene rings is 1. The van der Waals surface area contributed by atoms with Crippen molar-refractivity contribution in [1.82, 2.24) is 5.32 Å². The Kier molecular flexibility index (Phi) is 11.7. The largest absolute Gasteiger partial charge is 0.489 e. The van der Waals surface area contributed by atoms with Crippen molar-refractivity contribution < 1.29 is 9.53 Å². The number of halogens is 1. The highest BCUT2D eigenvalue weighted by Gasteiger charge is 2.06. The van der Waals surface area contributed by atoms with E-state index in [9.17, 15) is 4.79 Å². The Morgan fingerprint density at radius 1 is 1.19 bits per heavy atom. The van der Waals surface area contributed by atoms with Gasteiger partial charge < -0.3 is 15.8 Å². The van der Waals surface area contributed by atoms with Crippen LogP contribution in [0.4, 0.5) is 0 Å². The van der Waals surface area contributed by atoms with Crippen LogP contribution in [0.25, 0.3) is 0 Å². The van der Waals surface area contributed by atoms with E-state index in [0.717, 1.165) is 38.0 Å². The van der Waals surface area contributed by atoms with Gasteiger partial charge in [-0.05, 0) is 38.4 Å². The van der Waals surface area contributed by atoms with Crippen molar-refractivity contribution in [3.63, 3.8) is 0 Å². The first-order chi connectivity index (χ1) is 9.72. The number of ether oxygens (including phenoxy) is 1. The molecular weight excluding hydrogens is 288 g/mol. The molecule has 1 rings (SSSR count). The number of amides is 1. The molecule has 1 unspecified atom stereocenters. The molecule has 1 atom stereocenters. The van der Waals surface area contributed by atoms with Gasteiger partial charge in [-0.25, -0.2) is 0 Å². The molecule has 0 aliphatic rings. The van der Waals surface area contributed by atoms with Gasteiger partial charge in [-0.1, -0.05) is 31.0 Å². The number of carbonyl (C=O) groups excluding carboxylic acids is 1. The number of rotatable bonds is 10. The summed E-state index contributed by atoms with van der Waals surface area (Å²) in [6, 6.07) is 9.64. The zero-order valence-electron chi connectivity index (χ0n) is 12.7. The number of nitrogens with two attached hydrogens (primary N) is 1. The Labute approximate surface area is 133 Å². The number of nitrogens with one attached hydrogen (secondary N) is 1. The van der Waals surface area contributed by atoms with Crippen LogP contribution in [0.15, 0.2) is 30.3 Å². The van der Waals surface area contributed by atoms with Crippen LogP contribution in [0.1, 0.15) is 39.0 Å². The number of carbonyl (C=O) groups is 1. The van der Waals surface area contributed by atoms with Gasteiger partial charge in [0.1, 0.15) is 11.9 Å². The Balaban J connectivity index is 0.00000400. The molecular formula is C16H27ClN2O2. The van der Waals surface area contributed by atoms with Crippen LogP contribution in [0.3, 0.4) is 0 Å². The van der Waals surface area contributed by atoms with Crippen molar-refractivity contribution in [3.8, 4) is 5.75 Å². The molecule has 0 saturated heterocycles. The summed E-state index contributed by atoms with van der Waals surface area (Å²) in [6.07, 6.45) is 4.71. The van der Waals surface area contributed by atoms with Crippen LogP contribution in [0.5, 0.6) is 5.75 Å². The minimum atomic E-state index is -0.0291. The second-order valence-electron chi connectivity index (χ2n) is 5.00. The molecule has 4 nitrogen and oxygen atoms in total. The molecule has 21 heavy (non-hydrogen) atoms. The van der Waals surface area contributed by atoms with E-state index in [0.29, 0.717) is 13.0 Å². The Morgan fingerprint density at radius 3 is 2.52 bits per heavy atom. The third-order valence-corrected chi connectivity index (χ3v) is 3.03. The second kappa shape index (κ2) is 12.5. The zero-order valence-corrected chi connectivity index (χ0v) is 13.5. The maximum absolute atomic E-state index is 11.6. The van der Waals surface area contributed by atoms with E-state index in [4.69, 9.17) is 10.5 Å². The molecule has 0 saturated carbocycles. The number of hydrogen-bond acceptors (Lipinski definition) is 3. The fourth-order valence-corrected chi connectivity index (χ4v) is 1.90. The van der Waals surface area contributed by atoms with Crippen molar-refractivity contribution in [2.24, 2.45) is 5.73 Å². The molecule has 0 spiro atoms. The van der Waals surface area contributed by atoms with E-state index in [1.165, 1.54) is 0 Å². The van der Waals surface area contributed by atoms with E-state index in [-0.39, 0.29) is 24.4 Å². The van der Waals surface area contributed by atoms with Crippen LogP contribution in [-0.2, 0) is 4.79 Å². The molecule has 120 valence electrons. The molecule has 5 heteroatoms. The standard InChI is InChI=1S/C16H26N2O2.ClH/c1-14(20-15-9-5-4-6-10-15)13-18-16(19)11-7-2-3-8-12-17;/h4-6,9-10,14H,2-3,7-8,11-13,17H2,1H3,(H,18,19);1H. The van der Waals surface area contributed by atoms with Gasteiger partial charge in [0.2, 0.25) is 5.91 Å². The van der Waals surface area contributed by atoms with E-state index < -0.39 is 0 Å². The normalized spacial score (nSPS) is 11.3. The summed E-state index contributed by atoms with van der Waals surface area (Å²) in [5.41, 5.74) is 5.42. The molecule has 3 N–H and O–H groups in total. The van der Waals surface area contributed by atoms with Gasteiger partial charge >= 0.3 is 0 Å². The van der Waals surface area contributed by atoms with Crippen molar-refractivity contribution >= 4 is 18.3 Å². The van der Waals surface area contributed by atoms with Crippen LogP contribution < -0.4 is 15.8 Å². The highest BCUT2D eigenvalue weighted by molar-refractivity contribution is 5.85. The molecule has 1 aromatic carbocycles. The first-order valence-corrected chi connectivity index (χ1v) is 7.41. The maximum atomic E-state index is 11.6. The molecule has 1 amide bonds. The Hall–Kier alpha value is -1.26. The van der Waals surface area contributed by atoms with Gasteiger partial charge in [-0.3, -0.25) is 4.79 Å². The summed E-state index contributed by atoms with van der Waals surface area (Å²) >= 11 is 0. The summed E-state index contributed by atoms with van der Waals surface area (Å²) in [5, 5.41) is 2.90. The highest BCUT2D eigenvalue weighted by atomic mass is 35.5. The van der Waals surface area contributed by atoms with Crippen LogP contribution in [0.2, 0.25) is 0 Å². The number of para-hydroxylation sites is 1. The van der Waals surface area contributed by atoms with Crippen LogP contribution in [0, 0.1) is 0 Å². The summed E-state index contributed by atoms with van der Waals surface area (Å²) in [6.45, 7) is 3.23. The van der Waals surface area contributed by atoms with Crippen molar-refractivity contribution in [2.45, 2.75) is 45.1 Å². The molecule has 1 aromatic rings. The van der Waals surface area contributed by atoms with E-state index in [1.807, 2.05) is 37.3 Å². The van der Waals surface area contributed by atoms with Gasteiger partial charge in [0.15, 0.2) is 0 Å². The average Bonchev–Trinajstić information content (AvgIpc) is 2.46. The van der Waals surface area contributed by atoms with E-state index in [2.05, 4.69) is 5.32 Å². The van der Waals surface area contributed by atoms with Crippen LogP contribution in [-0.4, -0.2) is 25.1 Å². The minimum absolute atomic E-state index is 0. The monoisotopic (exact) mass is 314 g/mol. The Bertz CT molecular complexity index is 374. The predicted octanol–water partition coefficient (Wildman–Crippen LogP) is 2.90. The van der Waals surface area contributed by atoms with Gasteiger partial charge in [0, 0.05) is 6.42 Å². The molecule has 0 fully saturated rings. The lowest BCUT2D eigenvalue weighted by Crippen LogP contribution is -2.33. The summed E-state index contributed by atoms with van der Waals surface area (Å²) in [4.78, 5) is 11.6. The van der Waals surface area contributed by atoms with Crippen molar-refractivity contribution in [1.29, 1.82) is 0 Å². The number of unbranched alkanes of at least 4 members (excludes halogenated alkanes) is 3. The minimum Gasteiger partial charge on any atom is -0.489 e. The SMILES string of the molecule is CC(CNC(=O)CCCCCCN)Oc1ccccc1.Cl. The van der Waals surface area contributed by atoms with Gasteiger partial charge in [-0.15, -0.1) is 12.4 Å². The lowest BCUT2D eigenvalue weighted by molar-refractivity contribution is -0.121. The highest BCUT2D eigenvalue weighted by Crippen LogP contribution is 2.10. The zero-order chi connectivity index (χ0) is 14.6. The van der Waals surface area contributed by atoms with E-state index in [1.54, 1.807) is 0 Å². The molecule has 0 aromatic heterocycles. The van der Waals surface area contributed by atoms with Crippen LogP contribution >= 0.6 is 12.4 Å². The lowest BCUT2D eigenvalue weighted by atomic mass is 10.1. The van der Waals surface area contributed by atoms with Gasteiger partial charge in [-0.2, -0.15) is 0 Å². The third kappa shape index (κ3) is 10.2. The molecule has 0 radical (unpaired) electrons. The topological polar surface area (TPSA) is 64.4 Å². The smallest absolute Gasteiger partial charge is 0.220 e. The summed E-state index contributed by atoms with van der Waals surface area (Å²) in [7, 11) is 0. The fraction of sp³-hybridized carbons (Fsp3) is 0.562. The van der Waals surface area contributed by atoms with E-state index >= 15 is 0 Å². The molecule has 0 aliphatic heterocycles.